The van der Waals surface area contributed by atoms with Gasteiger partial charge in [-0.05, 0) is 34.0 Å². The molecule has 1 N–H and O–H groups in total. The van der Waals surface area contributed by atoms with Crippen molar-refractivity contribution in [2.24, 2.45) is 0 Å². The zero-order valence-electron chi connectivity index (χ0n) is 7.33. The van der Waals surface area contributed by atoms with Crippen LogP contribution in [0.1, 0.15) is 17.0 Å². The number of halogens is 1. The van der Waals surface area contributed by atoms with Crippen molar-refractivity contribution in [3.05, 3.63) is 47.3 Å². The third kappa shape index (κ3) is 2.20. The second-order valence-corrected chi connectivity index (χ2v) is 3.63. The monoisotopic (exact) mass is 239 g/mol. The zero-order valence-corrected chi connectivity index (χ0v) is 8.92. The summed E-state index contributed by atoms with van der Waals surface area (Å²) in [6, 6.07) is 5.85. The van der Waals surface area contributed by atoms with Gasteiger partial charge in [0.25, 0.3) is 0 Å². The van der Waals surface area contributed by atoms with Crippen LogP contribution in [0.5, 0.6) is 0 Å². The van der Waals surface area contributed by atoms with Crippen LogP contribution in [-0.4, -0.2) is 11.7 Å². The highest BCUT2D eigenvalue weighted by molar-refractivity contribution is 9.10. The van der Waals surface area contributed by atoms with Crippen LogP contribution in [0, 0.1) is 6.92 Å². The Morgan fingerprint density at radius 2 is 2.23 bits per heavy atom. The van der Waals surface area contributed by atoms with Gasteiger partial charge in [-0.3, -0.25) is 0 Å². The minimum Gasteiger partial charge on any atom is -0.396 e. The van der Waals surface area contributed by atoms with Crippen LogP contribution >= 0.6 is 15.9 Å². The predicted molar refractivity (Wildman–Crippen MR) is 59.4 cm³/mol. The number of hydrogen-bond acceptors (Lipinski definition) is 1. The molecule has 1 unspecified atom stereocenters. The van der Waals surface area contributed by atoms with Crippen molar-refractivity contribution in [2.75, 3.05) is 6.61 Å². The Balaban J connectivity index is 3.15. The topological polar surface area (TPSA) is 20.2 Å². The van der Waals surface area contributed by atoms with Crippen LogP contribution in [0.2, 0.25) is 0 Å². The van der Waals surface area contributed by atoms with Gasteiger partial charge in [-0.2, -0.15) is 0 Å². The smallest absolute Gasteiger partial charge is 0.0500 e. The molecule has 0 saturated carbocycles. The first-order valence-electron chi connectivity index (χ1n) is 4.05. The summed E-state index contributed by atoms with van der Waals surface area (Å²) in [5.41, 5.74) is 2.04. The number of benzene rings is 1. The number of hydrogen-bond donors (Lipinski definition) is 1. The molecule has 1 rings (SSSR count). The molecule has 1 nitrogen and oxygen atoms in total. The lowest BCUT2D eigenvalue weighted by Crippen LogP contribution is -2.00. The summed E-state index contributed by atoms with van der Waals surface area (Å²) in [6.45, 7) is 7.61. The Labute approximate surface area is 87.2 Å². The van der Waals surface area contributed by atoms with Crippen molar-refractivity contribution < 1.29 is 5.11 Å². The lowest BCUT2D eigenvalue weighted by Gasteiger charge is -2.12. The molecule has 1 aromatic rings. The molecule has 13 heavy (non-hydrogen) atoms. The predicted octanol–water partition coefficient (Wildman–Crippen LogP) is 3.00. The van der Waals surface area contributed by atoms with Gasteiger partial charge >= 0.3 is 0 Å². The van der Waals surface area contributed by atoms with E-state index in [4.69, 9.17) is 5.11 Å². The molecule has 0 saturated heterocycles. The van der Waals surface area contributed by atoms with Crippen LogP contribution in [0.3, 0.4) is 0 Å². The molecule has 0 heterocycles. The van der Waals surface area contributed by atoms with Gasteiger partial charge in [-0.1, -0.05) is 30.9 Å². The van der Waals surface area contributed by atoms with Gasteiger partial charge in [-0.15, -0.1) is 0 Å². The van der Waals surface area contributed by atoms with Crippen molar-refractivity contribution in [1.29, 1.82) is 0 Å². The Hall–Kier alpha value is -0.600. The van der Waals surface area contributed by atoms with E-state index in [1.165, 1.54) is 0 Å². The van der Waals surface area contributed by atoms with E-state index in [1.54, 1.807) is 6.08 Å². The maximum atomic E-state index is 8.97. The maximum Gasteiger partial charge on any atom is 0.0500 e. The van der Waals surface area contributed by atoms with Crippen molar-refractivity contribution in [1.82, 2.24) is 0 Å². The van der Waals surface area contributed by atoms with E-state index in [0.717, 1.165) is 15.6 Å². The summed E-state index contributed by atoms with van der Waals surface area (Å²) in [7, 11) is 0. The minimum absolute atomic E-state index is 0.0548. The Morgan fingerprint density at radius 3 is 2.77 bits per heavy atom. The van der Waals surface area contributed by atoms with E-state index >= 15 is 0 Å². The first kappa shape index (κ1) is 10.5. The van der Waals surface area contributed by atoms with Crippen molar-refractivity contribution >= 4 is 22.0 Å². The average Bonchev–Trinajstić information content (AvgIpc) is 2.17. The molecule has 0 aliphatic heterocycles. The maximum absolute atomic E-state index is 8.97. The second-order valence-electron chi connectivity index (χ2n) is 2.83. The Bertz CT molecular complexity index is 307. The number of aliphatic hydroxyl groups is 1. The van der Waals surface area contributed by atoms with Gasteiger partial charge in [0.15, 0.2) is 0 Å². The molecular formula is C11H12BrO. The van der Waals surface area contributed by atoms with Gasteiger partial charge in [0.1, 0.15) is 0 Å². The molecule has 0 fully saturated rings. The lowest BCUT2D eigenvalue weighted by molar-refractivity contribution is 0.282. The van der Waals surface area contributed by atoms with Gasteiger partial charge in [0, 0.05) is 17.0 Å². The van der Waals surface area contributed by atoms with E-state index in [-0.39, 0.29) is 12.5 Å². The SMILES string of the molecule is [CH2]C(CO)c1cccc(C=C)c1Br. The zero-order chi connectivity index (χ0) is 9.84. The van der Waals surface area contributed by atoms with Gasteiger partial charge < -0.3 is 5.11 Å². The van der Waals surface area contributed by atoms with E-state index in [0.29, 0.717) is 0 Å². The summed E-state index contributed by atoms with van der Waals surface area (Å²) in [6.07, 6.45) is 1.78. The first-order valence-corrected chi connectivity index (χ1v) is 4.84. The summed E-state index contributed by atoms with van der Waals surface area (Å²) in [4.78, 5) is 0. The third-order valence-electron chi connectivity index (χ3n) is 1.94. The highest BCUT2D eigenvalue weighted by Gasteiger charge is 2.09. The fraction of sp³-hybridized carbons (Fsp3) is 0.182. The molecule has 0 amide bonds. The largest absolute Gasteiger partial charge is 0.396 e. The van der Waals surface area contributed by atoms with Crippen LogP contribution < -0.4 is 0 Å². The molecule has 0 aliphatic rings. The molecule has 1 aromatic carbocycles. The molecule has 1 radical (unpaired) electrons. The highest BCUT2D eigenvalue weighted by atomic mass is 79.9. The summed E-state index contributed by atoms with van der Waals surface area (Å²) < 4.78 is 0.971. The van der Waals surface area contributed by atoms with Crippen molar-refractivity contribution in [3.8, 4) is 0 Å². The molecule has 2 heteroatoms. The molecule has 0 aromatic heterocycles. The van der Waals surface area contributed by atoms with Crippen molar-refractivity contribution in [3.63, 3.8) is 0 Å². The van der Waals surface area contributed by atoms with Gasteiger partial charge in [0.05, 0.1) is 0 Å². The fourth-order valence-corrected chi connectivity index (χ4v) is 1.89. The second kappa shape index (κ2) is 4.58. The Kier molecular flexibility index (Phi) is 3.70. The molecular weight excluding hydrogens is 228 g/mol. The standard InChI is InChI=1S/C11H12BrO/c1-3-9-5-4-6-10(11(9)12)8(2)7-13/h3-6,8,13H,1-2,7H2. The molecule has 0 bridgehead atoms. The third-order valence-corrected chi connectivity index (χ3v) is 2.85. The highest BCUT2D eigenvalue weighted by Crippen LogP contribution is 2.28. The average molecular weight is 240 g/mol. The van der Waals surface area contributed by atoms with E-state index in [1.807, 2.05) is 18.2 Å². The fourth-order valence-electron chi connectivity index (χ4n) is 1.14. The van der Waals surface area contributed by atoms with E-state index in [2.05, 4.69) is 29.4 Å². The van der Waals surface area contributed by atoms with Crippen LogP contribution in [0.4, 0.5) is 0 Å². The van der Waals surface area contributed by atoms with E-state index < -0.39 is 0 Å². The lowest BCUT2D eigenvalue weighted by atomic mass is 10.00. The quantitative estimate of drug-likeness (QED) is 0.860. The van der Waals surface area contributed by atoms with Crippen LogP contribution in [-0.2, 0) is 0 Å². The molecule has 1 atom stereocenters. The van der Waals surface area contributed by atoms with Gasteiger partial charge in [-0.25, -0.2) is 0 Å². The van der Waals surface area contributed by atoms with Crippen LogP contribution in [0.25, 0.3) is 6.08 Å². The minimum atomic E-state index is -0.0886. The normalized spacial score (nSPS) is 12.5. The number of rotatable bonds is 3. The van der Waals surface area contributed by atoms with Crippen LogP contribution in [0.15, 0.2) is 29.3 Å². The molecule has 0 aliphatic carbocycles. The summed E-state index contributed by atoms with van der Waals surface area (Å²) in [5, 5.41) is 8.97. The van der Waals surface area contributed by atoms with Crippen molar-refractivity contribution in [2.45, 2.75) is 5.92 Å². The first-order chi connectivity index (χ1) is 6.20. The Morgan fingerprint density at radius 1 is 1.54 bits per heavy atom. The molecule has 69 valence electrons. The molecule has 0 spiro atoms. The van der Waals surface area contributed by atoms with E-state index in [9.17, 15) is 0 Å². The number of aliphatic hydroxyl groups excluding tert-OH is 1. The van der Waals surface area contributed by atoms with Gasteiger partial charge in [0.2, 0.25) is 0 Å². The summed E-state index contributed by atoms with van der Waals surface area (Å²) in [5.74, 6) is -0.0886. The summed E-state index contributed by atoms with van der Waals surface area (Å²) >= 11 is 3.46.